The van der Waals surface area contributed by atoms with Crippen molar-refractivity contribution in [1.82, 2.24) is 20.3 Å². The van der Waals surface area contributed by atoms with Crippen LogP contribution in [0.5, 0.6) is 0 Å². The van der Waals surface area contributed by atoms with E-state index in [1.165, 1.54) is 6.20 Å². The van der Waals surface area contributed by atoms with Crippen molar-refractivity contribution in [3.8, 4) is 11.3 Å². The predicted molar refractivity (Wildman–Crippen MR) is 122 cm³/mol. The number of nitrogens with zero attached hydrogens (tertiary/aromatic N) is 3. The third-order valence-corrected chi connectivity index (χ3v) is 6.66. The number of hydrogen-bond acceptors (Lipinski definition) is 7. The molecule has 2 aromatic heterocycles. The number of aromatic nitrogens is 3. The Morgan fingerprint density at radius 2 is 2.00 bits per heavy atom. The maximum atomic E-state index is 13.1. The zero-order valence-corrected chi connectivity index (χ0v) is 19.3. The fourth-order valence-electron chi connectivity index (χ4n) is 4.31. The average molecular weight is 498 g/mol. The molecule has 2 aliphatic rings. The average Bonchev–Trinajstić information content (AvgIpc) is 2.84. The number of pyridine rings is 1. The quantitative estimate of drug-likeness (QED) is 0.599. The molecule has 0 aliphatic carbocycles. The minimum Gasteiger partial charge on any atom is -0.381 e. The third-order valence-electron chi connectivity index (χ3n) is 6.36. The van der Waals surface area contributed by atoms with Crippen molar-refractivity contribution >= 4 is 23.2 Å². The van der Waals surface area contributed by atoms with Crippen LogP contribution in [0.3, 0.4) is 0 Å². The zero-order chi connectivity index (χ0) is 24.1. The molecular formula is C23H27ClF3N5O2. The molecule has 2 aliphatic heterocycles. The van der Waals surface area contributed by atoms with E-state index in [1.54, 1.807) is 18.5 Å². The number of nitrogens with one attached hydrogen (secondary N) is 2. The lowest BCUT2D eigenvalue weighted by Gasteiger charge is -2.30. The summed E-state index contributed by atoms with van der Waals surface area (Å²) in [7, 11) is 0. The summed E-state index contributed by atoms with van der Waals surface area (Å²) in [6, 6.07) is 1.66. The Bertz CT molecular complexity index is 1000. The number of hydrogen-bond donors (Lipinski definition) is 2. The molecule has 0 bridgehead atoms. The van der Waals surface area contributed by atoms with Crippen molar-refractivity contribution < 1.29 is 22.7 Å². The number of rotatable bonds is 7. The zero-order valence-electron chi connectivity index (χ0n) is 18.6. The van der Waals surface area contributed by atoms with Gasteiger partial charge in [0, 0.05) is 62.6 Å². The van der Waals surface area contributed by atoms with Gasteiger partial charge in [-0.2, -0.15) is 13.2 Å². The van der Waals surface area contributed by atoms with E-state index in [4.69, 9.17) is 16.3 Å². The van der Waals surface area contributed by atoms with Gasteiger partial charge in [-0.15, -0.1) is 0 Å². The summed E-state index contributed by atoms with van der Waals surface area (Å²) in [5.41, 5.74) is 1.52. The van der Waals surface area contributed by atoms with Crippen LogP contribution in [0, 0.1) is 17.8 Å². The molecule has 4 heterocycles. The largest absolute Gasteiger partial charge is 0.393 e. The molecule has 34 heavy (non-hydrogen) atoms. The van der Waals surface area contributed by atoms with Crippen molar-refractivity contribution in [2.24, 2.45) is 17.8 Å². The first-order chi connectivity index (χ1) is 16.3. The normalized spacial score (nSPS) is 21.9. The van der Waals surface area contributed by atoms with Gasteiger partial charge in [0.2, 0.25) is 0 Å². The van der Waals surface area contributed by atoms with E-state index < -0.39 is 18.0 Å². The molecule has 2 aromatic rings. The van der Waals surface area contributed by atoms with Gasteiger partial charge in [0.05, 0.1) is 29.0 Å². The number of piperidine rings is 1. The molecular weight excluding hydrogens is 471 g/mol. The van der Waals surface area contributed by atoms with Crippen LogP contribution in [-0.4, -0.2) is 59.8 Å². The van der Waals surface area contributed by atoms with Crippen LogP contribution in [0.15, 0.2) is 24.7 Å². The summed E-state index contributed by atoms with van der Waals surface area (Å²) in [4.78, 5) is 25.8. The lowest BCUT2D eigenvalue weighted by atomic mass is 9.86. The monoisotopic (exact) mass is 497 g/mol. The fourth-order valence-corrected chi connectivity index (χ4v) is 4.51. The molecule has 7 nitrogen and oxygen atoms in total. The molecule has 0 unspecified atom stereocenters. The standard InChI is InChI=1S/C23H27ClF3N5O2/c24-19-11-30-17(7-21(33)15-5-16(10-28-9-15)23(25,26)27)6-18(19)20-12-29-13-22(32-20)31-8-14-1-3-34-4-2-14/h6,11-16,28H,1-5,7-10H2,(H,31,32)/t15-,16+/m1/s1. The maximum absolute atomic E-state index is 13.1. The minimum absolute atomic E-state index is 0.0732. The van der Waals surface area contributed by atoms with Crippen molar-refractivity contribution in [3.63, 3.8) is 0 Å². The number of ketones is 1. The van der Waals surface area contributed by atoms with Gasteiger partial charge in [0.1, 0.15) is 11.6 Å². The van der Waals surface area contributed by atoms with Gasteiger partial charge in [-0.25, -0.2) is 4.98 Å². The SMILES string of the molecule is O=C(Cc1cc(-c2cncc(NCC3CCOCC3)n2)c(Cl)cn1)[C@H]1CNC[C@@H](C(F)(F)F)C1. The highest BCUT2D eigenvalue weighted by Crippen LogP contribution is 2.33. The Balaban J connectivity index is 1.43. The van der Waals surface area contributed by atoms with Crippen LogP contribution in [0.25, 0.3) is 11.3 Å². The molecule has 184 valence electrons. The Kier molecular flexibility index (Phi) is 8.00. The first-order valence-corrected chi connectivity index (χ1v) is 11.8. The van der Waals surface area contributed by atoms with Gasteiger partial charge in [-0.3, -0.25) is 14.8 Å². The van der Waals surface area contributed by atoms with E-state index in [2.05, 4.69) is 25.6 Å². The predicted octanol–water partition coefficient (Wildman–Crippen LogP) is 3.93. The summed E-state index contributed by atoms with van der Waals surface area (Å²) in [5.74, 6) is -1.39. The fraction of sp³-hybridized carbons (Fsp3) is 0.565. The Hall–Kier alpha value is -2.30. The summed E-state index contributed by atoms with van der Waals surface area (Å²) in [5, 5.41) is 6.39. The summed E-state index contributed by atoms with van der Waals surface area (Å²) < 4.78 is 44.6. The summed E-state index contributed by atoms with van der Waals surface area (Å²) in [6.07, 6.45) is 2.03. The molecule has 2 saturated heterocycles. The van der Waals surface area contributed by atoms with E-state index in [0.717, 1.165) is 32.6 Å². The molecule has 11 heteroatoms. The van der Waals surface area contributed by atoms with Crippen LogP contribution in [0.1, 0.15) is 25.0 Å². The second kappa shape index (κ2) is 11.0. The third kappa shape index (κ3) is 6.43. The number of carbonyl (C=O) groups excluding carboxylic acids is 1. The number of halogens is 4. The molecule has 2 fully saturated rings. The van der Waals surface area contributed by atoms with Crippen LogP contribution < -0.4 is 10.6 Å². The van der Waals surface area contributed by atoms with Gasteiger partial charge < -0.3 is 15.4 Å². The highest BCUT2D eigenvalue weighted by molar-refractivity contribution is 6.33. The summed E-state index contributed by atoms with van der Waals surface area (Å²) in [6.45, 7) is 2.37. The second-order valence-corrected chi connectivity index (χ2v) is 9.26. The van der Waals surface area contributed by atoms with Crippen LogP contribution in [0.4, 0.5) is 19.0 Å². The van der Waals surface area contributed by atoms with Crippen molar-refractivity contribution in [2.75, 3.05) is 38.2 Å². The number of anilines is 1. The Morgan fingerprint density at radius 3 is 2.76 bits per heavy atom. The van der Waals surface area contributed by atoms with E-state index in [9.17, 15) is 18.0 Å². The summed E-state index contributed by atoms with van der Waals surface area (Å²) >= 11 is 6.35. The molecule has 0 saturated carbocycles. The van der Waals surface area contributed by atoms with Crippen LogP contribution >= 0.6 is 11.6 Å². The minimum atomic E-state index is -4.32. The number of alkyl halides is 3. The van der Waals surface area contributed by atoms with E-state index in [0.29, 0.717) is 33.7 Å². The van der Waals surface area contributed by atoms with Gasteiger partial charge in [-0.1, -0.05) is 11.6 Å². The molecule has 0 aromatic carbocycles. The van der Waals surface area contributed by atoms with Gasteiger partial charge in [-0.05, 0) is 31.2 Å². The smallest absolute Gasteiger partial charge is 0.381 e. The molecule has 2 N–H and O–H groups in total. The van der Waals surface area contributed by atoms with Gasteiger partial charge in [0.15, 0.2) is 0 Å². The van der Waals surface area contributed by atoms with E-state index in [1.807, 2.05) is 0 Å². The highest BCUT2D eigenvalue weighted by atomic mass is 35.5. The van der Waals surface area contributed by atoms with E-state index in [-0.39, 0.29) is 31.7 Å². The molecule has 0 spiro atoms. The Morgan fingerprint density at radius 1 is 1.21 bits per heavy atom. The van der Waals surface area contributed by atoms with Gasteiger partial charge in [0.25, 0.3) is 0 Å². The topological polar surface area (TPSA) is 89.0 Å². The molecule has 2 atom stereocenters. The first-order valence-electron chi connectivity index (χ1n) is 11.4. The molecule has 4 rings (SSSR count). The number of Topliss-reactive ketones (excluding diaryl/α,β-unsaturated/α-hetero) is 1. The molecule has 0 radical (unpaired) electrons. The van der Waals surface area contributed by atoms with Crippen molar-refractivity contribution in [1.29, 1.82) is 0 Å². The van der Waals surface area contributed by atoms with E-state index >= 15 is 0 Å². The van der Waals surface area contributed by atoms with Crippen LogP contribution in [0.2, 0.25) is 5.02 Å². The van der Waals surface area contributed by atoms with Crippen molar-refractivity contribution in [2.45, 2.75) is 31.9 Å². The second-order valence-electron chi connectivity index (χ2n) is 8.85. The lowest BCUT2D eigenvalue weighted by Crippen LogP contribution is -2.45. The molecule has 0 amide bonds. The first kappa shape index (κ1) is 24.8. The number of carbonyl (C=O) groups is 1. The van der Waals surface area contributed by atoms with Gasteiger partial charge >= 0.3 is 6.18 Å². The lowest BCUT2D eigenvalue weighted by molar-refractivity contribution is -0.182. The highest BCUT2D eigenvalue weighted by Gasteiger charge is 2.43. The van der Waals surface area contributed by atoms with Crippen molar-refractivity contribution in [3.05, 3.63) is 35.4 Å². The van der Waals surface area contributed by atoms with Crippen LogP contribution in [-0.2, 0) is 16.0 Å². The number of ether oxygens (including phenoxy) is 1. The Labute approximate surface area is 200 Å². The maximum Gasteiger partial charge on any atom is 0.393 e.